The zero-order valence-corrected chi connectivity index (χ0v) is 20.9. The number of nitrogens with zero attached hydrogens (tertiary/aromatic N) is 1. The summed E-state index contributed by atoms with van der Waals surface area (Å²) in [4.78, 5) is 14.2. The predicted molar refractivity (Wildman–Crippen MR) is 135 cm³/mol. The maximum absolute atomic E-state index is 12.2. The zero-order valence-electron chi connectivity index (χ0n) is 18.5. The Hall–Kier alpha value is -2.22. The number of methoxy groups -OCH3 is 1. The van der Waals surface area contributed by atoms with Crippen LogP contribution in [0.2, 0.25) is 5.02 Å². The van der Waals surface area contributed by atoms with Crippen LogP contribution in [0.25, 0.3) is 6.08 Å². The maximum Gasteiger partial charge on any atom is 0.265 e. The van der Waals surface area contributed by atoms with Crippen LogP contribution in [0.1, 0.15) is 37.3 Å². The first-order valence-electron chi connectivity index (χ1n) is 10.3. The molecular weight excluding hydrogens is 466 g/mol. The summed E-state index contributed by atoms with van der Waals surface area (Å²) < 4.78 is 17.8. The van der Waals surface area contributed by atoms with E-state index in [1.54, 1.807) is 32.4 Å². The molecule has 1 saturated heterocycles. The number of hydrogen-bond acceptors (Lipinski definition) is 6. The molecule has 0 aromatic heterocycles. The first-order chi connectivity index (χ1) is 15.3. The van der Waals surface area contributed by atoms with Gasteiger partial charge in [0, 0.05) is 7.05 Å². The summed E-state index contributed by atoms with van der Waals surface area (Å²) in [6.45, 7) is 5.02. The summed E-state index contributed by atoms with van der Waals surface area (Å²) in [6.07, 6.45) is 2.79. The molecule has 8 heteroatoms. The highest BCUT2D eigenvalue weighted by Gasteiger charge is 2.28. The van der Waals surface area contributed by atoms with E-state index in [-0.39, 0.29) is 5.91 Å². The molecule has 1 aliphatic rings. The van der Waals surface area contributed by atoms with E-state index in [9.17, 15) is 4.79 Å². The molecular formula is C24H26ClNO4S2. The Balaban J connectivity index is 1.68. The number of amides is 1. The van der Waals surface area contributed by atoms with Crippen molar-refractivity contribution in [2.45, 2.75) is 26.2 Å². The Morgan fingerprint density at radius 3 is 2.56 bits per heavy atom. The fourth-order valence-electron chi connectivity index (χ4n) is 3.19. The Kier molecular flexibility index (Phi) is 8.45. The van der Waals surface area contributed by atoms with Gasteiger partial charge in [0.15, 0.2) is 11.5 Å². The van der Waals surface area contributed by atoms with E-state index in [4.69, 9.17) is 38.0 Å². The average Bonchev–Trinajstić information content (AvgIpc) is 3.03. The molecule has 1 heterocycles. The molecule has 170 valence electrons. The van der Waals surface area contributed by atoms with Crippen LogP contribution in [-0.4, -0.2) is 42.5 Å². The average molecular weight is 492 g/mol. The molecule has 0 spiro atoms. The van der Waals surface area contributed by atoms with Gasteiger partial charge >= 0.3 is 0 Å². The highest BCUT2D eigenvalue weighted by molar-refractivity contribution is 8.26. The van der Waals surface area contributed by atoms with Crippen LogP contribution in [0.3, 0.4) is 0 Å². The lowest BCUT2D eigenvalue weighted by molar-refractivity contribution is -0.121. The first kappa shape index (κ1) is 24.4. The highest BCUT2D eigenvalue weighted by atomic mass is 35.5. The molecule has 0 N–H and O–H groups in total. The van der Waals surface area contributed by atoms with Crippen molar-refractivity contribution in [1.29, 1.82) is 0 Å². The van der Waals surface area contributed by atoms with Crippen LogP contribution in [0.15, 0.2) is 41.3 Å². The Morgan fingerprint density at radius 2 is 1.91 bits per heavy atom. The summed E-state index contributed by atoms with van der Waals surface area (Å²) >= 11 is 12.9. The fraction of sp³-hybridized carbons (Fsp3) is 0.333. The second-order valence-corrected chi connectivity index (χ2v) is 9.40. The summed E-state index contributed by atoms with van der Waals surface area (Å²) in [6, 6.07) is 11.6. The lowest BCUT2D eigenvalue weighted by atomic mass is 9.98. The number of carbonyl (C=O) groups is 1. The molecule has 1 unspecified atom stereocenters. The standard InChI is InChI=1S/C24H26ClNO4S2/c1-5-15(2)17-8-6-7-9-19(17)29-10-11-30-22-18(25)12-16(13-20(22)28-4)14-21-23(27)26(3)24(31)32-21/h6-9,12-15H,5,10-11H2,1-4H3/b21-14-. The molecule has 1 atom stereocenters. The molecule has 1 aliphatic heterocycles. The van der Waals surface area contributed by atoms with E-state index in [0.717, 1.165) is 17.7 Å². The second-order valence-electron chi connectivity index (χ2n) is 7.32. The molecule has 0 saturated carbocycles. The Labute approximate surface area is 203 Å². The minimum atomic E-state index is -0.134. The monoisotopic (exact) mass is 491 g/mol. The van der Waals surface area contributed by atoms with Crippen LogP contribution in [-0.2, 0) is 4.79 Å². The Morgan fingerprint density at radius 1 is 1.19 bits per heavy atom. The van der Waals surface area contributed by atoms with Gasteiger partial charge in [0.25, 0.3) is 5.91 Å². The predicted octanol–water partition coefficient (Wildman–Crippen LogP) is 6.15. The SMILES string of the molecule is CCC(C)c1ccccc1OCCOc1c(Cl)cc(/C=C2\SC(=S)N(C)C2=O)cc1OC. The topological polar surface area (TPSA) is 48.0 Å². The number of hydrogen-bond donors (Lipinski definition) is 0. The highest BCUT2D eigenvalue weighted by Crippen LogP contribution is 2.39. The lowest BCUT2D eigenvalue weighted by Crippen LogP contribution is -2.22. The smallest absolute Gasteiger partial charge is 0.265 e. The van der Waals surface area contributed by atoms with E-state index in [2.05, 4.69) is 19.9 Å². The van der Waals surface area contributed by atoms with E-state index in [1.807, 2.05) is 18.2 Å². The van der Waals surface area contributed by atoms with Gasteiger partial charge in [0.1, 0.15) is 23.3 Å². The number of rotatable bonds is 9. The summed E-state index contributed by atoms with van der Waals surface area (Å²) in [5, 5.41) is 0.391. The third-order valence-electron chi connectivity index (χ3n) is 5.19. The van der Waals surface area contributed by atoms with Gasteiger partial charge in [0.05, 0.1) is 17.0 Å². The van der Waals surface area contributed by atoms with Gasteiger partial charge in [-0.15, -0.1) is 0 Å². The number of halogens is 1. The van der Waals surface area contributed by atoms with Crippen molar-refractivity contribution in [1.82, 2.24) is 4.90 Å². The van der Waals surface area contributed by atoms with Gasteiger partial charge in [-0.2, -0.15) is 0 Å². The number of ether oxygens (including phenoxy) is 3. The van der Waals surface area contributed by atoms with Crippen LogP contribution in [0.4, 0.5) is 0 Å². The number of benzene rings is 2. The molecule has 2 aromatic carbocycles. The zero-order chi connectivity index (χ0) is 23.3. The van der Waals surface area contributed by atoms with Crippen molar-refractivity contribution >= 4 is 51.9 Å². The molecule has 1 amide bonds. The van der Waals surface area contributed by atoms with Gasteiger partial charge in [0.2, 0.25) is 0 Å². The van der Waals surface area contributed by atoms with Gasteiger partial charge in [-0.1, -0.05) is 67.6 Å². The molecule has 32 heavy (non-hydrogen) atoms. The fourth-order valence-corrected chi connectivity index (χ4v) is 4.65. The molecule has 0 radical (unpaired) electrons. The van der Waals surface area contributed by atoms with E-state index in [0.29, 0.717) is 44.9 Å². The van der Waals surface area contributed by atoms with Crippen LogP contribution >= 0.6 is 35.6 Å². The van der Waals surface area contributed by atoms with Crippen LogP contribution in [0, 0.1) is 0 Å². The number of carbonyl (C=O) groups excluding carboxylic acids is 1. The summed E-state index contributed by atoms with van der Waals surface area (Å²) in [5.74, 6) is 2.07. The van der Waals surface area contributed by atoms with E-state index < -0.39 is 0 Å². The van der Waals surface area contributed by atoms with E-state index >= 15 is 0 Å². The largest absolute Gasteiger partial charge is 0.493 e. The van der Waals surface area contributed by atoms with Crippen molar-refractivity contribution in [3.8, 4) is 17.2 Å². The van der Waals surface area contributed by atoms with Gasteiger partial charge in [-0.05, 0) is 47.7 Å². The normalized spacial score (nSPS) is 15.9. The number of para-hydroxylation sites is 1. The van der Waals surface area contributed by atoms with Crippen molar-refractivity contribution < 1.29 is 19.0 Å². The molecule has 5 nitrogen and oxygen atoms in total. The van der Waals surface area contributed by atoms with Crippen molar-refractivity contribution in [2.75, 3.05) is 27.4 Å². The minimum absolute atomic E-state index is 0.134. The van der Waals surface area contributed by atoms with Crippen LogP contribution < -0.4 is 14.2 Å². The second kappa shape index (κ2) is 11.1. The quantitative estimate of drug-likeness (QED) is 0.238. The molecule has 3 rings (SSSR count). The first-order valence-corrected chi connectivity index (χ1v) is 11.9. The molecule has 0 aliphatic carbocycles. The molecule has 1 fully saturated rings. The Bertz CT molecular complexity index is 1040. The number of thioether (sulfide) groups is 1. The van der Waals surface area contributed by atoms with Crippen LogP contribution in [0.5, 0.6) is 17.2 Å². The number of thiocarbonyl (C=S) groups is 1. The van der Waals surface area contributed by atoms with E-state index in [1.165, 1.54) is 22.2 Å². The third kappa shape index (κ3) is 5.57. The third-order valence-corrected chi connectivity index (χ3v) is 6.95. The summed E-state index contributed by atoms with van der Waals surface area (Å²) in [7, 11) is 3.21. The van der Waals surface area contributed by atoms with Crippen molar-refractivity contribution in [3.05, 3.63) is 57.5 Å². The van der Waals surface area contributed by atoms with Crippen molar-refractivity contribution in [2.24, 2.45) is 0 Å². The van der Waals surface area contributed by atoms with Gasteiger partial charge in [-0.3, -0.25) is 9.69 Å². The van der Waals surface area contributed by atoms with Crippen molar-refractivity contribution in [3.63, 3.8) is 0 Å². The summed E-state index contributed by atoms with van der Waals surface area (Å²) in [5.41, 5.74) is 1.92. The van der Waals surface area contributed by atoms with Gasteiger partial charge in [-0.25, -0.2) is 0 Å². The number of likely N-dealkylation sites (N-methyl/N-ethyl adjacent to an activating group) is 1. The van der Waals surface area contributed by atoms with Gasteiger partial charge < -0.3 is 14.2 Å². The minimum Gasteiger partial charge on any atom is -0.493 e. The molecule has 0 bridgehead atoms. The maximum atomic E-state index is 12.2. The molecule has 2 aromatic rings. The lowest BCUT2D eigenvalue weighted by Gasteiger charge is -2.17.